The van der Waals surface area contributed by atoms with Gasteiger partial charge in [-0.05, 0) is 0 Å². The molecule has 0 bridgehead atoms. The minimum absolute atomic E-state index is 0.210. The molecule has 0 fully saturated rings. The molecule has 0 saturated carbocycles. The topological polar surface area (TPSA) is 26.3 Å². The quantitative estimate of drug-likeness (QED) is 0.244. The van der Waals surface area contributed by atoms with Crippen molar-refractivity contribution in [2.45, 2.75) is 0 Å². The monoisotopic (exact) mass is 464 g/mol. The Balaban J connectivity index is 1.71. The number of hydrogen-bond donors (Lipinski definition) is 0. The maximum absolute atomic E-state index is 5.80. The molecule has 0 aliphatic heterocycles. The van der Waals surface area contributed by atoms with E-state index >= 15 is 0 Å². The van der Waals surface area contributed by atoms with Crippen LogP contribution < -0.4 is 0 Å². The molecule has 31 heavy (non-hydrogen) atoms. The van der Waals surface area contributed by atoms with Crippen LogP contribution in [0.3, 0.4) is 0 Å². The molecular formula is C28H16O2Se. The van der Waals surface area contributed by atoms with Crippen LogP contribution in [0.15, 0.2) is 106 Å². The van der Waals surface area contributed by atoms with Gasteiger partial charge in [-0.3, -0.25) is 0 Å². The molecule has 3 heteroatoms. The number of rotatable bonds is 2. The summed E-state index contributed by atoms with van der Waals surface area (Å²) in [5, 5.41) is 7.81. The summed E-state index contributed by atoms with van der Waals surface area (Å²) in [5.74, 6) is 1.85. The maximum atomic E-state index is 5.80. The summed E-state index contributed by atoms with van der Waals surface area (Å²) in [7, 11) is 0. The zero-order valence-electron chi connectivity index (χ0n) is 16.5. The molecule has 0 atom stereocenters. The Hall–Kier alpha value is -3.52. The predicted octanol–water partition coefficient (Wildman–Crippen LogP) is 7.88. The molecule has 3 heterocycles. The van der Waals surface area contributed by atoms with Gasteiger partial charge >= 0.3 is 184 Å². The van der Waals surface area contributed by atoms with Gasteiger partial charge in [0.15, 0.2) is 0 Å². The van der Waals surface area contributed by atoms with Crippen LogP contribution in [0.25, 0.3) is 63.5 Å². The number of fused-ring (bicyclic) bond motifs is 7. The van der Waals surface area contributed by atoms with Gasteiger partial charge in [-0.2, -0.15) is 0 Å². The number of furan rings is 2. The van der Waals surface area contributed by atoms with Gasteiger partial charge in [0.25, 0.3) is 0 Å². The third kappa shape index (κ3) is 2.45. The Morgan fingerprint density at radius 3 is 1.35 bits per heavy atom. The minimum atomic E-state index is 0.210. The van der Waals surface area contributed by atoms with Gasteiger partial charge in [-0.15, -0.1) is 0 Å². The van der Waals surface area contributed by atoms with E-state index in [0.29, 0.717) is 0 Å². The summed E-state index contributed by atoms with van der Waals surface area (Å²) in [6.07, 6.45) is 3.50. The number of benzene rings is 4. The van der Waals surface area contributed by atoms with Crippen molar-refractivity contribution in [3.05, 3.63) is 97.5 Å². The molecule has 2 nitrogen and oxygen atoms in total. The van der Waals surface area contributed by atoms with E-state index < -0.39 is 0 Å². The van der Waals surface area contributed by atoms with E-state index in [4.69, 9.17) is 8.83 Å². The van der Waals surface area contributed by atoms with Gasteiger partial charge < -0.3 is 0 Å². The zero-order valence-corrected chi connectivity index (χ0v) is 18.2. The molecule has 0 saturated heterocycles. The second-order valence-corrected chi connectivity index (χ2v) is 10.0. The van der Waals surface area contributed by atoms with Crippen LogP contribution in [0.1, 0.15) is 0 Å². The summed E-state index contributed by atoms with van der Waals surface area (Å²) in [6, 6.07) is 30.1. The van der Waals surface area contributed by atoms with Gasteiger partial charge in [0, 0.05) is 0 Å². The fourth-order valence-corrected chi connectivity index (χ4v) is 7.32. The molecule has 146 valence electrons. The standard InChI is InChI=1S/C28H16O2Se/c1-3-9-19-17(7-1)21(23-11-5-13-29-23)15-25-27(19)28-20-10-4-2-8-18(20)22(16-26(28)31-25)24-12-6-14-30-24/h1-16H. The van der Waals surface area contributed by atoms with Gasteiger partial charge in [0.2, 0.25) is 0 Å². The van der Waals surface area contributed by atoms with Gasteiger partial charge in [0.05, 0.1) is 0 Å². The second kappa shape index (κ2) is 6.49. The zero-order chi connectivity index (χ0) is 20.4. The van der Waals surface area contributed by atoms with Crippen molar-refractivity contribution in [2.24, 2.45) is 0 Å². The molecule has 0 aliphatic carbocycles. The van der Waals surface area contributed by atoms with Crippen molar-refractivity contribution < 1.29 is 8.83 Å². The van der Waals surface area contributed by atoms with Crippen molar-refractivity contribution in [1.29, 1.82) is 0 Å². The Kier molecular flexibility index (Phi) is 3.60. The van der Waals surface area contributed by atoms with Gasteiger partial charge in [-0.25, -0.2) is 0 Å². The Morgan fingerprint density at radius 1 is 0.484 bits per heavy atom. The van der Waals surface area contributed by atoms with Gasteiger partial charge in [0.1, 0.15) is 0 Å². The van der Waals surface area contributed by atoms with Crippen molar-refractivity contribution in [3.8, 4) is 22.6 Å². The van der Waals surface area contributed by atoms with Crippen LogP contribution in [0.5, 0.6) is 0 Å². The van der Waals surface area contributed by atoms with E-state index in [-0.39, 0.29) is 14.5 Å². The predicted molar refractivity (Wildman–Crippen MR) is 129 cm³/mol. The first kappa shape index (κ1) is 17.2. The SMILES string of the molecule is c1coc(-c2cc3[se]c4cc(-c5ccco5)c5ccccc5c4c3c3ccccc23)c1. The van der Waals surface area contributed by atoms with Crippen molar-refractivity contribution >= 4 is 55.3 Å². The Bertz CT molecular complexity index is 1590. The van der Waals surface area contributed by atoms with Crippen molar-refractivity contribution in [3.63, 3.8) is 0 Å². The average molecular weight is 463 g/mol. The fraction of sp³-hybridized carbons (Fsp3) is 0. The molecule has 0 radical (unpaired) electrons. The first-order chi connectivity index (χ1) is 15.4. The third-order valence-corrected chi connectivity index (χ3v) is 8.33. The molecular weight excluding hydrogens is 447 g/mol. The van der Waals surface area contributed by atoms with Crippen LogP contribution >= 0.6 is 0 Å². The Labute approximate surface area is 184 Å². The normalized spacial score (nSPS) is 11.9. The first-order valence-electron chi connectivity index (χ1n) is 10.3. The Morgan fingerprint density at radius 2 is 0.935 bits per heavy atom. The van der Waals surface area contributed by atoms with Crippen molar-refractivity contribution in [1.82, 2.24) is 0 Å². The summed E-state index contributed by atoms with van der Waals surface area (Å²) < 4.78 is 14.4. The molecule has 0 spiro atoms. The molecule has 4 aromatic carbocycles. The molecule has 0 unspecified atom stereocenters. The number of hydrogen-bond acceptors (Lipinski definition) is 2. The third-order valence-electron chi connectivity index (χ3n) is 6.06. The summed E-state index contributed by atoms with van der Waals surface area (Å²) in [5.41, 5.74) is 2.34. The molecule has 7 aromatic rings. The average Bonchev–Trinajstić information content (AvgIpc) is 3.58. The summed E-state index contributed by atoms with van der Waals surface area (Å²) in [6.45, 7) is 0. The molecule has 0 aliphatic rings. The van der Waals surface area contributed by atoms with Gasteiger partial charge in [-0.1, -0.05) is 0 Å². The molecule has 3 aromatic heterocycles. The first-order valence-corrected chi connectivity index (χ1v) is 12.0. The van der Waals surface area contributed by atoms with Crippen LogP contribution in [0.2, 0.25) is 0 Å². The molecule has 0 amide bonds. The van der Waals surface area contributed by atoms with Crippen LogP contribution in [0.4, 0.5) is 0 Å². The van der Waals surface area contributed by atoms with E-state index in [2.05, 4.69) is 60.7 Å². The summed E-state index contributed by atoms with van der Waals surface area (Å²) >= 11 is 0.210. The van der Waals surface area contributed by atoms with Crippen molar-refractivity contribution in [2.75, 3.05) is 0 Å². The van der Waals surface area contributed by atoms with E-state index in [1.54, 1.807) is 12.5 Å². The van der Waals surface area contributed by atoms with E-state index in [1.165, 1.54) is 52.0 Å². The second-order valence-electron chi connectivity index (χ2n) is 7.74. The van der Waals surface area contributed by atoms with Crippen LogP contribution in [-0.4, -0.2) is 14.5 Å². The molecule has 0 N–H and O–H groups in total. The molecule has 7 rings (SSSR count). The van der Waals surface area contributed by atoms with E-state index in [9.17, 15) is 0 Å². The summed E-state index contributed by atoms with van der Waals surface area (Å²) in [4.78, 5) is 0. The van der Waals surface area contributed by atoms with E-state index in [1.807, 2.05) is 24.3 Å². The van der Waals surface area contributed by atoms with Crippen LogP contribution in [0, 0.1) is 0 Å². The van der Waals surface area contributed by atoms with E-state index in [0.717, 1.165) is 11.5 Å². The van der Waals surface area contributed by atoms with Crippen LogP contribution in [-0.2, 0) is 0 Å². The fourth-order valence-electron chi connectivity index (χ4n) is 4.77.